The molecule has 100 valence electrons. The molecule has 0 aliphatic carbocycles. The molecule has 2 rings (SSSR count). The van der Waals surface area contributed by atoms with Gasteiger partial charge in [-0.25, -0.2) is 0 Å². The fourth-order valence-electron chi connectivity index (χ4n) is 2.03. The van der Waals surface area contributed by atoms with Gasteiger partial charge < -0.3 is 14.8 Å². The molecule has 0 amide bonds. The lowest BCUT2D eigenvalue weighted by atomic mass is 10.1. The molecule has 6 heteroatoms. The van der Waals surface area contributed by atoms with Gasteiger partial charge in [0.25, 0.3) is 0 Å². The first kappa shape index (κ1) is 13.0. The highest BCUT2D eigenvalue weighted by molar-refractivity contribution is 6.00. The highest BCUT2D eigenvalue weighted by Crippen LogP contribution is 2.21. The molecular formula is C12H19N3O3. The Labute approximate surface area is 106 Å². The fourth-order valence-corrected chi connectivity index (χ4v) is 2.03. The van der Waals surface area contributed by atoms with Crippen LogP contribution in [0.5, 0.6) is 5.75 Å². The molecule has 1 fully saturated rings. The Kier molecular flexibility index (Phi) is 4.33. The van der Waals surface area contributed by atoms with Gasteiger partial charge in [0.1, 0.15) is 11.8 Å². The van der Waals surface area contributed by atoms with Crippen molar-refractivity contribution in [1.82, 2.24) is 15.1 Å². The zero-order valence-corrected chi connectivity index (χ0v) is 10.8. The maximum atomic E-state index is 12.4. The zero-order chi connectivity index (χ0) is 13.0. The number of aromatic nitrogens is 2. The Hall–Kier alpha value is -1.40. The Morgan fingerprint density at radius 3 is 3.17 bits per heavy atom. The second-order valence-electron chi connectivity index (χ2n) is 4.21. The van der Waals surface area contributed by atoms with Crippen molar-refractivity contribution in [3.8, 4) is 5.75 Å². The van der Waals surface area contributed by atoms with E-state index in [2.05, 4.69) is 10.4 Å². The Bertz CT molecular complexity index is 411. The van der Waals surface area contributed by atoms with Crippen LogP contribution in [0.15, 0.2) is 6.20 Å². The van der Waals surface area contributed by atoms with Crippen LogP contribution >= 0.6 is 0 Å². The molecule has 1 aliphatic rings. The van der Waals surface area contributed by atoms with Crippen LogP contribution in [0.3, 0.4) is 0 Å². The third-order valence-electron chi connectivity index (χ3n) is 2.91. The molecule has 0 bridgehead atoms. The summed E-state index contributed by atoms with van der Waals surface area (Å²) in [4.78, 5) is 12.4. The van der Waals surface area contributed by atoms with Crippen molar-refractivity contribution in [3.63, 3.8) is 0 Å². The predicted molar refractivity (Wildman–Crippen MR) is 66.0 cm³/mol. The van der Waals surface area contributed by atoms with Crippen LogP contribution in [-0.2, 0) is 11.3 Å². The molecule has 1 aromatic rings. The second kappa shape index (κ2) is 5.97. The Morgan fingerprint density at radius 1 is 1.72 bits per heavy atom. The fraction of sp³-hybridized carbons (Fsp3) is 0.667. The number of nitrogens with zero attached hydrogens (tertiary/aromatic N) is 2. The Morgan fingerprint density at radius 2 is 2.56 bits per heavy atom. The molecule has 1 unspecified atom stereocenters. The van der Waals surface area contributed by atoms with Crippen molar-refractivity contribution in [1.29, 1.82) is 0 Å². The van der Waals surface area contributed by atoms with E-state index in [0.717, 1.165) is 13.0 Å². The second-order valence-corrected chi connectivity index (χ2v) is 4.21. The van der Waals surface area contributed by atoms with Crippen LogP contribution < -0.4 is 10.1 Å². The number of morpholine rings is 1. The van der Waals surface area contributed by atoms with Crippen molar-refractivity contribution in [2.24, 2.45) is 0 Å². The summed E-state index contributed by atoms with van der Waals surface area (Å²) in [6.07, 6.45) is 2.05. The monoisotopic (exact) mass is 253 g/mol. The quantitative estimate of drug-likeness (QED) is 0.773. The van der Waals surface area contributed by atoms with Gasteiger partial charge in [0, 0.05) is 19.6 Å². The van der Waals surface area contributed by atoms with Gasteiger partial charge in [-0.2, -0.15) is 5.10 Å². The van der Waals surface area contributed by atoms with Gasteiger partial charge in [-0.3, -0.25) is 9.48 Å². The van der Waals surface area contributed by atoms with Gasteiger partial charge in [0.15, 0.2) is 5.75 Å². The first-order valence-corrected chi connectivity index (χ1v) is 6.24. The van der Waals surface area contributed by atoms with Crippen molar-refractivity contribution in [3.05, 3.63) is 11.9 Å². The minimum atomic E-state index is -0.444. The molecular weight excluding hydrogens is 234 g/mol. The molecule has 2 heterocycles. The van der Waals surface area contributed by atoms with E-state index in [1.165, 1.54) is 0 Å². The minimum absolute atomic E-state index is 0.0648. The number of aryl methyl sites for hydroxylation is 1. The largest absolute Gasteiger partial charge is 0.493 e. The number of methoxy groups -OCH3 is 1. The van der Waals surface area contributed by atoms with E-state index in [0.29, 0.717) is 31.1 Å². The SMILES string of the molecule is CCCn1ncc(OC)c1C(=O)C1CNCCO1. The van der Waals surface area contributed by atoms with Crippen molar-refractivity contribution < 1.29 is 14.3 Å². The number of Topliss-reactive ketones (excluding diaryl/α,β-unsaturated/α-hetero) is 1. The molecule has 1 atom stereocenters. The van der Waals surface area contributed by atoms with E-state index in [9.17, 15) is 4.79 Å². The number of ether oxygens (including phenoxy) is 2. The summed E-state index contributed by atoms with van der Waals surface area (Å²) in [6, 6.07) is 0. The van der Waals surface area contributed by atoms with Crippen LogP contribution in [0.25, 0.3) is 0 Å². The molecule has 18 heavy (non-hydrogen) atoms. The predicted octanol–water partition coefficient (Wildman–Crippen LogP) is 0.473. The highest BCUT2D eigenvalue weighted by Gasteiger charge is 2.29. The first-order chi connectivity index (χ1) is 8.77. The summed E-state index contributed by atoms with van der Waals surface area (Å²) in [7, 11) is 1.55. The van der Waals surface area contributed by atoms with Gasteiger partial charge in [0.05, 0.1) is 19.9 Å². The molecule has 1 saturated heterocycles. The van der Waals surface area contributed by atoms with Crippen LogP contribution in [0.4, 0.5) is 0 Å². The van der Waals surface area contributed by atoms with Crippen LogP contribution in [0, 0.1) is 0 Å². The molecule has 1 N–H and O–H groups in total. The minimum Gasteiger partial charge on any atom is -0.493 e. The molecule has 0 saturated carbocycles. The third-order valence-corrected chi connectivity index (χ3v) is 2.91. The van der Waals surface area contributed by atoms with E-state index in [1.807, 2.05) is 6.92 Å². The summed E-state index contributed by atoms with van der Waals surface area (Å²) in [5.41, 5.74) is 0.507. The number of carbonyl (C=O) groups excluding carboxylic acids is 1. The number of hydrogen-bond donors (Lipinski definition) is 1. The van der Waals surface area contributed by atoms with Crippen molar-refractivity contribution >= 4 is 5.78 Å². The summed E-state index contributed by atoms with van der Waals surface area (Å²) in [5, 5.41) is 7.34. The Balaban J connectivity index is 2.23. The van der Waals surface area contributed by atoms with E-state index >= 15 is 0 Å². The summed E-state index contributed by atoms with van der Waals surface area (Å²) >= 11 is 0. The maximum Gasteiger partial charge on any atom is 0.214 e. The van der Waals surface area contributed by atoms with E-state index in [4.69, 9.17) is 9.47 Å². The standard InChI is InChI=1S/C12H19N3O3/c1-3-5-15-11(9(17-2)8-14-15)12(16)10-7-13-4-6-18-10/h8,10,13H,3-7H2,1-2H3. The van der Waals surface area contributed by atoms with Gasteiger partial charge in [0.2, 0.25) is 5.78 Å². The van der Waals surface area contributed by atoms with Crippen LogP contribution in [-0.4, -0.2) is 48.5 Å². The average molecular weight is 253 g/mol. The third kappa shape index (κ3) is 2.54. The molecule has 1 aliphatic heterocycles. The summed E-state index contributed by atoms with van der Waals surface area (Å²) in [5.74, 6) is 0.452. The molecule has 1 aromatic heterocycles. The van der Waals surface area contributed by atoms with Crippen LogP contribution in [0.2, 0.25) is 0 Å². The van der Waals surface area contributed by atoms with Gasteiger partial charge in [-0.05, 0) is 6.42 Å². The van der Waals surface area contributed by atoms with Gasteiger partial charge >= 0.3 is 0 Å². The van der Waals surface area contributed by atoms with Gasteiger partial charge in [-0.15, -0.1) is 0 Å². The van der Waals surface area contributed by atoms with Crippen LogP contribution in [0.1, 0.15) is 23.8 Å². The molecule has 6 nitrogen and oxygen atoms in total. The van der Waals surface area contributed by atoms with E-state index in [-0.39, 0.29) is 5.78 Å². The van der Waals surface area contributed by atoms with Crippen molar-refractivity contribution in [2.45, 2.75) is 26.0 Å². The summed E-state index contributed by atoms with van der Waals surface area (Å²) < 4.78 is 12.4. The first-order valence-electron chi connectivity index (χ1n) is 6.24. The zero-order valence-electron chi connectivity index (χ0n) is 10.8. The smallest absolute Gasteiger partial charge is 0.214 e. The van der Waals surface area contributed by atoms with E-state index < -0.39 is 6.10 Å². The molecule has 0 radical (unpaired) electrons. The topological polar surface area (TPSA) is 65.4 Å². The number of nitrogens with one attached hydrogen (secondary N) is 1. The lowest BCUT2D eigenvalue weighted by Gasteiger charge is -2.22. The number of ketones is 1. The number of rotatable bonds is 5. The maximum absolute atomic E-state index is 12.4. The van der Waals surface area contributed by atoms with Gasteiger partial charge in [-0.1, -0.05) is 6.92 Å². The number of carbonyl (C=O) groups is 1. The molecule has 0 spiro atoms. The average Bonchev–Trinajstić information content (AvgIpc) is 2.82. The lowest BCUT2D eigenvalue weighted by molar-refractivity contribution is 0.0259. The molecule has 0 aromatic carbocycles. The highest BCUT2D eigenvalue weighted by atomic mass is 16.5. The normalized spacial score (nSPS) is 19.8. The number of hydrogen-bond acceptors (Lipinski definition) is 5. The van der Waals surface area contributed by atoms with E-state index in [1.54, 1.807) is 18.0 Å². The summed E-state index contributed by atoms with van der Waals surface area (Å²) in [6.45, 7) is 4.63. The lowest BCUT2D eigenvalue weighted by Crippen LogP contribution is -2.43. The van der Waals surface area contributed by atoms with Crippen molar-refractivity contribution in [2.75, 3.05) is 26.8 Å².